The molecule has 0 unspecified atom stereocenters. The topological polar surface area (TPSA) is 35.6 Å². The van der Waals surface area contributed by atoms with E-state index in [4.69, 9.17) is 0 Å². The maximum atomic E-state index is 12.9. The number of nitrogens with zero attached hydrogens (tertiary/aromatic N) is 2. The lowest BCUT2D eigenvalue weighted by Gasteiger charge is -2.36. The number of carbonyl (C=O) groups excluding carboxylic acids is 1. The van der Waals surface area contributed by atoms with E-state index in [2.05, 4.69) is 10.2 Å². The van der Waals surface area contributed by atoms with Crippen molar-refractivity contribution in [1.82, 2.24) is 10.2 Å². The summed E-state index contributed by atoms with van der Waals surface area (Å²) in [5.41, 5.74) is -0.409. The van der Waals surface area contributed by atoms with Gasteiger partial charge in [0.1, 0.15) is 0 Å². The SMILES string of the molecule is O=C(Cc1ccc(C(F)(F)F)cc1)NCCN1CCN(c2cccc(C(F)(F)F)c2)CC1. The van der Waals surface area contributed by atoms with Gasteiger partial charge < -0.3 is 10.2 Å². The molecule has 1 aliphatic heterocycles. The Bertz CT molecular complexity index is 903. The fraction of sp³-hybridized carbons (Fsp3) is 0.409. The molecule has 0 radical (unpaired) electrons. The van der Waals surface area contributed by atoms with Crippen LogP contribution in [0.4, 0.5) is 32.0 Å². The molecule has 1 aliphatic rings. The van der Waals surface area contributed by atoms with E-state index in [0.717, 1.165) is 24.3 Å². The van der Waals surface area contributed by atoms with Gasteiger partial charge in [-0.2, -0.15) is 26.3 Å². The minimum Gasteiger partial charge on any atom is -0.369 e. The number of halogens is 6. The lowest BCUT2D eigenvalue weighted by molar-refractivity contribution is -0.138. The molecule has 0 atom stereocenters. The fourth-order valence-electron chi connectivity index (χ4n) is 3.52. The van der Waals surface area contributed by atoms with Crippen LogP contribution >= 0.6 is 0 Å². The molecule has 0 bridgehead atoms. The molecule has 3 rings (SSSR count). The van der Waals surface area contributed by atoms with Crippen LogP contribution < -0.4 is 10.2 Å². The molecule has 1 saturated heterocycles. The normalized spacial score (nSPS) is 15.6. The van der Waals surface area contributed by atoms with E-state index in [1.807, 2.05) is 4.90 Å². The van der Waals surface area contributed by atoms with Crippen LogP contribution in [0.3, 0.4) is 0 Å². The van der Waals surface area contributed by atoms with Crippen molar-refractivity contribution in [1.29, 1.82) is 0 Å². The number of carbonyl (C=O) groups is 1. The molecule has 32 heavy (non-hydrogen) atoms. The minimum atomic E-state index is -4.41. The molecule has 174 valence electrons. The molecule has 1 amide bonds. The van der Waals surface area contributed by atoms with Gasteiger partial charge >= 0.3 is 12.4 Å². The number of benzene rings is 2. The highest BCUT2D eigenvalue weighted by Crippen LogP contribution is 2.32. The summed E-state index contributed by atoms with van der Waals surface area (Å²) in [5.74, 6) is -0.285. The second-order valence-corrected chi connectivity index (χ2v) is 7.60. The Morgan fingerprint density at radius 2 is 1.47 bits per heavy atom. The van der Waals surface area contributed by atoms with Crippen LogP contribution in [-0.2, 0) is 23.6 Å². The maximum absolute atomic E-state index is 12.9. The smallest absolute Gasteiger partial charge is 0.369 e. The standard InChI is InChI=1S/C22H23F6N3O/c23-21(24,25)17-6-4-16(5-7-17)14-20(32)29-8-9-30-10-12-31(13-11-30)19-3-1-2-18(15-19)22(26,27)28/h1-7,15H,8-14H2,(H,29,32). The second kappa shape index (κ2) is 9.81. The quantitative estimate of drug-likeness (QED) is 0.658. The molecule has 0 spiro atoms. The van der Waals surface area contributed by atoms with Gasteiger partial charge in [-0.25, -0.2) is 0 Å². The molecule has 0 aromatic heterocycles. The average molecular weight is 459 g/mol. The number of amides is 1. The first-order chi connectivity index (χ1) is 15.0. The summed E-state index contributed by atoms with van der Waals surface area (Å²) in [6, 6.07) is 9.73. The molecule has 0 aliphatic carbocycles. The van der Waals surface area contributed by atoms with Gasteiger partial charge in [-0.15, -0.1) is 0 Å². The van der Waals surface area contributed by atoms with Gasteiger partial charge in [0.2, 0.25) is 5.91 Å². The number of alkyl halides is 6. The van der Waals surface area contributed by atoms with Crippen molar-refractivity contribution in [3.8, 4) is 0 Å². The van der Waals surface area contributed by atoms with Crippen LogP contribution in [0, 0.1) is 0 Å². The highest BCUT2D eigenvalue weighted by molar-refractivity contribution is 5.78. The minimum absolute atomic E-state index is 0.0124. The van der Waals surface area contributed by atoms with Gasteiger partial charge in [-0.3, -0.25) is 9.69 Å². The number of hydrogen-bond acceptors (Lipinski definition) is 3. The zero-order valence-corrected chi connectivity index (χ0v) is 17.1. The number of anilines is 1. The Labute approximate surface area is 181 Å². The first kappa shape index (κ1) is 23.9. The number of nitrogens with one attached hydrogen (secondary N) is 1. The molecule has 2 aromatic carbocycles. The van der Waals surface area contributed by atoms with E-state index in [0.29, 0.717) is 50.5 Å². The number of hydrogen-bond donors (Lipinski definition) is 1. The zero-order chi connectivity index (χ0) is 23.4. The monoisotopic (exact) mass is 459 g/mol. The van der Waals surface area contributed by atoms with Gasteiger partial charge in [-0.1, -0.05) is 18.2 Å². The predicted octanol–water partition coefficient (Wildman–Crippen LogP) is 4.21. The van der Waals surface area contributed by atoms with Crippen molar-refractivity contribution in [2.24, 2.45) is 0 Å². The van der Waals surface area contributed by atoms with E-state index in [9.17, 15) is 31.1 Å². The fourth-order valence-corrected chi connectivity index (χ4v) is 3.52. The number of piperazine rings is 1. The first-order valence-corrected chi connectivity index (χ1v) is 10.1. The predicted molar refractivity (Wildman–Crippen MR) is 108 cm³/mol. The summed E-state index contributed by atoms with van der Waals surface area (Å²) in [5, 5.41) is 2.75. The van der Waals surface area contributed by atoms with Crippen LogP contribution in [0.1, 0.15) is 16.7 Å². The van der Waals surface area contributed by atoms with Crippen molar-refractivity contribution in [3.63, 3.8) is 0 Å². The summed E-state index contributed by atoms with van der Waals surface area (Å²) in [7, 11) is 0. The Balaban J connectivity index is 1.39. The van der Waals surface area contributed by atoms with Crippen LogP contribution in [0.25, 0.3) is 0 Å². The van der Waals surface area contributed by atoms with Gasteiger partial charge in [0.25, 0.3) is 0 Å². The Morgan fingerprint density at radius 3 is 2.06 bits per heavy atom. The maximum Gasteiger partial charge on any atom is 0.416 e. The van der Waals surface area contributed by atoms with Crippen molar-refractivity contribution in [2.45, 2.75) is 18.8 Å². The summed E-state index contributed by atoms with van der Waals surface area (Å²) in [6.45, 7) is 3.38. The van der Waals surface area contributed by atoms with Crippen molar-refractivity contribution >= 4 is 11.6 Å². The average Bonchev–Trinajstić information content (AvgIpc) is 2.73. The lowest BCUT2D eigenvalue weighted by Crippen LogP contribution is -2.48. The molecular weight excluding hydrogens is 436 g/mol. The van der Waals surface area contributed by atoms with E-state index < -0.39 is 23.5 Å². The van der Waals surface area contributed by atoms with Crippen LogP contribution in [0.15, 0.2) is 48.5 Å². The van der Waals surface area contributed by atoms with Gasteiger partial charge in [0.05, 0.1) is 17.5 Å². The summed E-state index contributed by atoms with van der Waals surface area (Å²) in [4.78, 5) is 16.0. The highest BCUT2D eigenvalue weighted by atomic mass is 19.4. The molecule has 2 aromatic rings. The van der Waals surface area contributed by atoms with Crippen molar-refractivity contribution in [3.05, 3.63) is 65.2 Å². The molecule has 1 N–H and O–H groups in total. The van der Waals surface area contributed by atoms with E-state index in [1.165, 1.54) is 18.2 Å². The summed E-state index contributed by atoms with van der Waals surface area (Å²) in [6.07, 6.45) is -8.80. The Kier molecular flexibility index (Phi) is 7.33. The third kappa shape index (κ3) is 6.62. The van der Waals surface area contributed by atoms with Crippen molar-refractivity contribution in [2.75, 3.05) is 44.2 Å². The highest BCUT2D eigenvalue weighted by Gasteiger charge is 2.31. The lowest BCUT2D eigenvalue weighted by atomic mass is 10.1. The van der Waals surface area contributed by atoms with Gasteiger partial charge in [0, 0.05) is 45.0 Å². The van der Waals surface area contributed by atoms with E-state index >= 15 is 0 Å². The Hall–Kier alpha value is -2.75. The molecule has 1 heterocycles. The molecule has 10 heteroatoms. The van der Waals surface area contributed by atoms with E-state index in [-0.39, 0.29) is 12.3 Å². The third-order valence-electron chi connectivity index (χ3n) is 5.31. The molecule has 4 nitrogen and oxygen atoms in total. The van der Waals surface area contributed by atoms with Crippen LogP contribution in [0.2, 0.25) is 0 Å². The molecule has 0 saturated carbocycles. The van der Waals surface area contributed by atoms with Crippen molar-refractivity contribution < 1.29 is 31.1 Å². The van der Waals surface area contributed by atoms with Crippen LogP contribution in [0.5, 0.6) is 0 Å². The molecule has 1 fully saturated rings. The number of rotatable bonds is 6. The summed E-state index contributed by atoms with van der Waals surface area (Å²) < 4.78 is 76.4. The summed E-state index contributed by atoms with van der Waals surface area (Å²) >= 11 is 0. The third-order valence-corrected chi connectivity index (χ3v) is 5.31. The largest absolute Gasteiger partial charge is 0.416 e. The van der Waals surface area contributed by atoms with Crippen LogP contribution in [-0.4, -0.2) is 50.1 Å². The Morgan fingerprint density at radius 1 is 0.844 bits per heavy atom. The van der Waals surface area contributed by atoms with Gasteiger partial charge in [-0.05, 0) is 35.9 Å². The second-order valence-electron chi connectivity index (χ2n) is 7.60. The van der Waals surface area contributed by atoms with Gasteiger partial charge in [0.15, 0.2) is 0 Å². The molecular formula is C22H23F6N3O. The van der Waals surface area contributed by atoms with E-state index in [1.54, 1.807) is 6.07 Å². The zero-order valence-electron chi connectivity index (χ0n) is 17.1. The first-order valence-electron chi connectivity index (χ1n) is 10.1.